The van der Waals surface area contributed by atoms with E-state index >= 15 is 0 Å². The highest BCUT2D eigenvalue weighted by molar-refractivity contribution is 8.04. The third-order valence-corrected chi connectivity index (χ3v) is 4.67. The van der Waals surface area contributed by atoms with Crippen molar-refractivity contribution in [2.24, 2.45) is 0 Å². The molecule has 2 rings (SSSR count). The Balaban J connectivity index is 2.44. The van der Waals surface area contributed by atoms with Crippen LogP contribution in [0.4, 0.5) is 0 Å². The molecule has 1 aliphatic heterocycles. The molecule has 0 unspecified atom stereocenters. The lowest BCUT2D eigenvalue weighted by Crippen LogP contribution is -2.32. The van der Waals surface area contributed by atoms with Crippen LogP contribution in [-0.2, 0) is 9.59 Å². The summed E-state index contributed by atoms with van der Waals surface area (Å²) in [6.07, 6.45) is 0.787. The number of carbonyl (C=O) groups is 2. The van der Waals surface area contributed by atoms with E-state index in [1.165, 1.54) is 28.0 Å². The number of hydrogen-bond donors (Lipinski definition) is 0. The molecule has 0 fully saturated rings. The van der Waals surface area contributed by atoms with Crippen LogP contribution in [0, 0.1) is 0 Å². The smallest absolute Gasteiger partial charge is 0.268 e. The highest BCUT2D eigenvalue weighted by Gasteiger charge is 2.39. The molecule has 0 atom stereocenters. The first-order valence-electron chi connectivity index (χ1n) is 6.37. The fraction of sp³-hybridized carbons (Fsp3) is 0.429. The van der Waals surface area contributed by atoms with Gasteiger partial charge in [-0.05, 0) is 17.9 Å². The van der Waals surface area contributed by atoms with E-state index in [9.17, 15) is 9.59 Å². The van der Waals surface area contributed by atoms with E-state index in [-0.39, 0.29) is 17.1 Å². The minimum Gasteiger partial charge on any atom is -0.274 e. The third-order valence-electron chi connectivity index (χ3n) is 2.69. The number of carbonyl (C=O) groups excluding carboxylic acids is 2. The molecule has 0 radical (unpaired) electrons. The van der Waals surface area contributed by atoms with Gasteiger partial charge in [-0.2, -0.15) is 0 Å². The summed E-state index contributed by atoms with van der Waals surface area (Å²) in [5, 5.41) is 2.21. The van der Waals surface area contributed by atoms with Crippen molar-refractivity contribution in [1.82, 2.24) is 4.90 Å². The minimum absolute atomic E-state index is 0.131. The Bertz CT molecular complexity index is 518. The van der Waals surface area contributed by atoms with Crippen molar-refractivity contribution >= 4 is 40.5 Å². The third kappa shape index (κ3) is 2.77. The summed E-state index contributed by atoms with van der Waals surface area (Å²) in [4.78, 5) is 27.7. The average molecular weight is 295 g/mol. The summed E-state index contributed by atoms with van der Waals surface area (Å²) in [6.45, 7) is 6.53. The first-order chi connectivity index (χ1) is 9.06. The van der Waals surface area contributed by atoms with Gasteiger partial charge in [-0.25, -0.2) is 0 Å². The fourth-order valence-electron chi connectivity index (χ4n) is 1.96. The number of imide groups is 1. The van der Waals surface area contributed by atoms with Crippen LogP contribution in [0.15, 0.2) is 22.4 Å². The fourth-order valence-corrected chi connectivity index (χ4v) is 3.79. The molecule has 1 aliphatic rings. The summed E-state index contributed by atoms with van der Waals surface area (Å²) in [6, 6.07) is 3.81. The Kier molecular flexibility index (Phi) is 4.47. The lowest BCUT2D eigenvalue weighted by molar-refractivity contribution is -0.136. The van der Waals surface area contributed by atoms with E-state index < -0.39 is 0 Å². The SMILES string of the molecule is CCCN1C(=O)C(SC(C)C)=C(c2cccs2)C1=O. The molecule has 19 heavy (non-hydrogen) atoms. The van der Waals surface area contributed by atoms with Gasteiger partial charge >= 0.3 is 0 Å². The van der Waals surface area contributed by atoms with Gasteiger partial charge in [0, 0.05) is 16.7 Å². The maximum absolute atomic E-state index is 12.4. The largest absolute Gasteiger partial charge is 0.274 e. The molecule has 1 aromatic heterocycles. The van der Waals surface area contributed by atoms with Gasteiger partial charge in [-0.1, -0.05) is 26.8 Å². The number of hydrogen-bond acceptors (Lipinski definition) is 4. The summed E-state index contributed by atoms with van der Waals surface area (Å²) in [5.74, 6) is -0.272. The second-order valence-corrected chi connectivity index (χ2v) is 7.14. The summed E-state index contributed by atoms with van der Waals surface area (Å²) in [5.41, 5.74) is 0.590. The first-order valence-corrected chi connectivity index (χ1v) is 8.13. The van der Waals surface area contributed by atoms with Gasteiger partial charge in [-0.15, -0.1) is 23.1 Å². The highest BCUT2D eigenvalue weighted by atomic mass is 32.2. The van der Waals surface area contributed by atoms with Crippen molar-refractivity contribution in [2.75, 3.05) is 6.54 Å². The van der Waals surface area contributed by atoms with Crippen molar-refractivity contribution in [1.29, 1.82) is 0 Å². The van der Waals surface area contributed by atoms with Crippen LogP contribution in [0.1, 0.15) is 32.1 Å². The van der Waals surface area contributed by atoms with Crippen LogP contribution in [0.25, 0.3) is 5.57 Å². The van der Waals surface area contributed by atoms with E-state index in [2.05, 4.69) is 0 Å². The standard InChI is InChI=1S/C14H17NO2S2/c1-4-7-15-13(16)11(10-6-5-8-18-10)12(14(15)17)19-9(2)3/h5-6,8-9H,4,7H2,1-3H3. The second kappa shape index (κ2) is 5.92. The molecule has 3 nitrogen and oxygen atoms in total. The molecule has 0 aliphatic carbocycles. The van der Waals surface area contributed by atoms with Gasteiger partial charge in [0.2, 0.25) is 0 Å². The molecule has 0 N–H and O–H groups in total. The van der Waals surface area contributed by atoms with E-state index in [1.54, 1.807) is 0 Å². The maximum Gasteiger partial charge on any atom is 0.268 e. The van der Waals surface area contributed by atoms with Crippen LogP contribution in [0.5, 0.6) is 0 Å². The van der Waals surface area contributed by atoms with Gasteiger partial charge in [0.05, 0.1) is 10.5 Å². The van der Waals surface area contributed by atoms with Crippen LogP contribution in [-0.4, -0.2) is 28.5 Å². The molecule has 5 heteroatoms. The maximum atomic E-state index is 12.4. The molecule has 102 valence electrons. The lowest BCUT2D eigenvalue weighted by atomic mass is 10.2. The van der Waals surface area contributed by atoms with Crippen molar-refractivity contribution in [3.63, 3.8) is 0 Å². The van der Waals surface area contributed by atoms with Gasteiger partial charge in [0.15, 0.2) is 0 Å². The molecule has 0 saturated carbocycles. The molecular formula is C14H17NO2S2. The summed E-state index contributed by atoms with van der Waals surface area (Å²) in [7, 11) is 0. The van der Waals surface area contributed by atoms with Gasteiger partial charge in [0.1, 0.15) is 0 Å². The van der Waals surface area contributed by atoms with Gasteiger partial charge < -0.3 is 0 Å². The molecule has 0 spiro atoms. The molecule has 0 bridgehead atoms. The van der Waals surface area contributed by atoms with Crippen molar-refractivity contribution in [3.8, 4) is 0 Å². The Morgan fingerprint density at radius 3 is 2.58 bits per heavy atom. The quantitative estimate of drug-likeness (QED) is 0.782. The molecule has 2 heterocycles. The van der Waals surface area contributed by atoms with Crippen LogP contribution >= 0.6 is 23.1 Å². The predicted octanol–water partition coefficient (Wildman–Crippen LogP) is 3.38. The van der Waals surface area contributed by atoms with E-state index in [4.69, 9.17) is 0 Å². The number of thioether (sulfide) groups is 1. The van der Waals surface area contributed by atoms with E-state index in [0.29, 0.717) is 17.0 Å². The van der Waals surface area contributed by atoms with Gasteiger partial charge in [0.25, 0.3) is 11.8 Å². The van der Waals surface area contributed by atoms with Crippen molar-refractivity contribution in [2.45, 2.75) is 32.4 Å². The first kappa shape index (κ1) is 14.3. The predicted molar refractivity (Wildman–Crippen MR) is 81.0 cm³/mol. The van der Waals surface area contributed by atoms with Gasteiger partial charge in [-0.3, -0.25) is 14.5 Å². The molecule has 1 aromatic rings. The number of nitrogens with zero attached hydrogens (tertiary/aromatic N) is 1. The Morgan fingerprint density at radius 2 is 2.05 bits per heavy atom. The molecule has 0 saturated heterocycles. The summed E-state index contributed by atoms with van der Waals surface area (Å²) < 4.78 is 0. The van der Waals surface area contributed by atoms with E-state index in [1.807, 2.05) is 38.3 Å². The topological polar surface area (TPSA) is 37.4 Å². The lowest BCUT2D eigenvalue weighted by Gasteiger charge is -2.13. The molecular weight excluding hydrogens is 278 g/mol. The zero-order chi connectivity index (χ0) is 14.0. The van der Waals surface area contributed by atoms with Crippen LogP contribution < -0.4 is 0 Å². The zero-order valence-corrected chi connectivity index (χ0v) is 12.9. The Labute approximate surface area is 121 Å². The number of thiophene rings is 1. The Hall–Kier alpha value is -1.07. The minimum atomic E-state index is -0.141. The van der Waals surface area contributed by atoms with Crippen molar-refractivity contribution < 1.29 is 9.59 Å². The zero-order valence-electron chi connectivity index (χ0n) is 11.3. The highest BCUT2D eigenvalue weighted by Crippen LogP contribution is 2.39. The monoisotopic (exact) mass is 295 g/mol. The number of rotatable bonds is 5. The molecule has 2 amide bonds. The molecule has 0 aromatic carbocycles. The van der Waals surface area contributed by atoms with E-state index in [0.717, 1.165) is 11.3 Å². The normalized spacial score (nSPS) is 16.1. The summed E-state index contributed by atoms with van der Waals surface area (Å²) >= 11 is 2.99. The van der Waals surface area contributed by atoms with Crippen LogP contribution in [0.2, 0.25) is 0 Å². The second-order valence-electron chi connectivity index (χ2n) is 4.61. The van der Waals surface area contributed by atoms with Crippen molar-refractivity contribution in [3.05, 3.63) is 27.3 Å². The Morgan fingerprint density at radius 1 is 1.32 bits per heavy atom. The number of amides is 2. The van der Waals surface area contributed by atoms with Crippen LogP contribution in [0.3, 0.4) is 0 Å². The average Bonchev–Trinajstić information content (AvgIpc) is 2.93.